The fourth-order valence-electron chi connectivity index (χ4n) is 0.968. The molecular formula is C12H24Br2O2S. The normalized spacial score (nSPS) is 13.1. The molecule has 104 valence electrons. The van der Waals surface area contributed by atoms with Crippen LogP contribution in [0, 0.1) is 0 Å². The van der Waals surface area contributed by atoms with E-state index in [0.29, 0.717) is 0 Å². The lowest BCUT2D eigenvalue weighted by molar-refractivity contribution is 0.133. The molecule has 0 aliphatic carbocycles. The van der Waals surface area contributed by atoms with Crippen LogP contribution in [0.15, 0.2) is 0 Å². The molecule has 0 atom stereocenters. The topological polar surface area (TPSA) is 18.5 Å². The van der Waals surface area contributed by atoms with E-state index in [1.807, 2.05) is 11.8 Å². The monoisotopic (exact) mass is 390 g/mol. The number of ether oxygens (including phenoxy) is 2. The van der Waals surface area contributed by atoms with Gasteiger partial charge in [0.05, 0.1) is 26.4 Å². The van der Waals surface area contributed by atoms with Crippen LogP contribution in [-0.4, -0.2) is 46.6 Å². The third-order valence-corrected chi connectivity index (χ3v) is 3.00. The summed E-state index contributed by atoms with van der Waals surface area (Å²) in [4.78, 5) is 0. The van der Waals surface area contributed by atoms with Crippen molar-refractivity contribution in [3.63, 3.8) is 0 Å². The second-order valence-corrected chi connectivity index (χ2v) is 10.7. The number of thioether (sulfide) groups is 1. The van der Waals surface area contributed by atoms with Crippen LogP contribution < -0.4 is 0 Å². The van der Waals surface area contributed by atoms with Crippen molar-refractivity contribution in [3.05, 3.63) is 0 Å². The first-order chi connectivity index (χ1) is 7.71. The van der Waals surface area contributed by atoms with Gasteiger partial charge in [0.25, 0.3) is 0 Å². The van der Waals surface area contributed by atoms with E-state index < -0.39 is 0 Å². The Morgan fingerprint density at radius 1 is 0.824 bits per heavy atom. The van der Waals surface area contributed by atoms with Crippen LogP contribution in [0.25, 0.3) is 0 Å². The zero-order chi connectivity index (χ0) is 13.4. The number of rotatable bonds is 10. The van der Waals surface area contributed by atoms with Crippen molar-refractivity contribution in [2.24, 2.45) is 0 Å². The summed E-state index contributed by atoms with van der Waals surface area (Å²) in [5.74, 6) is 2.06. The van der Waals surface area contributed by atoms with Crippen molar-refractivity contribution in [3.8, 4) is 0 Å². The molecular weight excluding hydrogens is 368 g/mol. The van der Waals surface area contributed by atoms with E-state index in [2.05, 4.69) is 59.6 Å². The summed E-state index contributed by atoms with van der Waals surface area (Å²) in [6, 6.07) is 0. The molecule has 2 nitrogen and oxygen atoms in total. The Balaban J connectivity index is 3.15. The molecule has 0 aromatic heterocycles. The smallest absolute Gasteiger partial charge is 0.0614 e. The molecule has 0 bridgehead atoms. The largest absolute Gasteiger partial charge is 0.379 e. The predicted octanol–water partition coefficient (Wildman–Crippen LogP) is 4.10. The first kappa shape index (κ1) is 18.2. The molecule has 0 aromatic rings. The molecule has 0 N–H and O–H groups in total. The molecule has 0 aliphatic rings. The molecule has 0 amide bonds. The van der Waals surface area contributed by atoms with Gasteiger partial charge in [0.15, 0.2) is 0 Å². The fourth-order valence-corrected chi connectivity index (χ4v) is 1.97. The van der Waals surface area contributed by atoms with Crippen molar-refractivity contribution in [1.29, 1.82) is 0 Å². The maximum absolute atomic E-state index is 5.54. The van der Waals surface area contributed by atoms with Crippen molar-refractivity contribution < 1.29 is 9.47 Å². The lowest BCUT2D eigenvalue weighted by Crippen LogP contribution is -2.20. The van der Waals surface area contributed by atoms with Gasteiger partial charge in [-0.3, -0.25) is 0 Å². The fraction of sp³-hybridized carbons (Fsp3) is 1.00. The summed E-state index contributed by atoms with van der Waals surface area (Å²) in [5.41, 5.74) is 0. The highest BCUT2D eigenvalue weighted by Gasteiger charge is 2.12. The minimum absolute atomic E-state index is 0.0856. The van der Waals surface area contributed by atoms with Crippen molar-refractivity contribution in [2.75, 3.05) is 37.9 Å². The van der Waals surface area contributed by atoms with Crippen molar-refractivity contribution >= 4 is 43.6 Å². The van der Waals surface area contributed by atoms with E-state index in [0.717, 1.165) is 37.9 Å². The van der Waals surface area contributed by atoms with Crippen LogP contribution in [0.5, 0.6) is 0 Å². The highest BCUT2D eigenvalue weighted by molar-refractivity contribution is 9.10. The summed E-state index contributed by atoms with van der Waals surface area (Å²) in [5, 5.41) is 0. The molecule has 0 saturated carbocycles. The summed E-state index contributed by atoms with van der Waals surface area (Å²) in [6.07, 6.45) is 0. The van der Waals surface area contributed by atoms with Gasteiger partial charge in [0.2, 0.25) is 0 Å². The van der Waals surface area contributed by atoms with Gasteiger partial charge in [-0.2, -0.15) is 11.8 Å². The molecule has 0 radical (unpaired) electrons. The molecule has 0 unspecified atom stereocenters. The Bertz CT molecular complexity index is 168. The average molecular weight is 392 g/mol. The van der Waals surface area contributed by atoms with Crippen LogP contribution in [0.2, 0.25) is 0 Å². The van der Waals surface area contributed by atoms with Crippen molar-refractivity contribution in [2.45, 2.75) is 36.3 Å². The summed E-state index contributed by atoms with van der Waals surface area (Å²) in [6.45, 7) is 11.6. The van der Waals surface area contributed by atoms with Gasteiger partial charge in [-0.1, -0.05) is 31.9 Å². The minimum Gasteiger partial charge on any atom is -0.379 e. The van der Waals surface area contributed by atoms with Gasteiger partial charge < -0.3 is 9.47 Å². The van der Waals surface area contributed by atoms with Crippen LogP contribution in [0.4, 0.5) is 0 Å². The zero-order valence-corrected chi connectivity index (χ0v) is 15.2. The maximum Gasteiger partial charge on any atom is 0.0614 e. The molecule has 0 spiro atoms. The van der Waals surface area contributed by atoms with Gasteiger partial charge in [-0.25, -0.2) is 0 Å². The lowest BCUT2D eigenvalue weighted by Gasteiger charge is -2.16. The number of alkyl halides is 2. The van der Waals surface area contributed by atoms with Crippen LogP contribution in [-0.2, 0) is 9.47 Å². The first-order valence-corrected chi connectivity index (χ1v) is 8.56. The molecule has 0 heterocycles. The summed E-state index contributed by atoms with van der Waals surface area (Å²) in [7, 11) is 0. The van der Waals surface area contributed by atoms with Crippen LogP contribution >= 0.6 is 43.6 Å². The lowest BCUT2D eigenvalue weighted by atomic mass is 10.2. The van der Waals surface area contributed by atoms with E-state index in [9.17, 15) is 0 Å². The minimum atomic E-state index is 0.0856. The third-order valence-electron chi connectivity index (χ3n) is 1.63. The van der Waals surface area contributed by atoms with E-state index >= 15 is 0 Å². The quantitative estimate of drug-likeness (QED) is 0.412. The molecule has 17 heavy (non-hydrogen) atoms. The third kappa shape index (κ3) is 17.2. The summed E-state index contributed by atoms with van der Waals surface area (Å²) < 4.78 is 11.3. The number of hydrogen-bond donors (Lipinski definition) is 0. The van der Waals surface area contributed by atoms with E-state index in [-0.39, 0.29) is 8.65 Å². The van der Waals surface area contributed by atoms with Gasteiger partial charge in [-0.05, 0) is 27.7 Å². The Hall–Kier alpha value is 1.23. The Kier molecular flexibility index (Phi) is 9.85. The second-order valence-electron chi connectivity index (χ2n) is 5.15. The maximum atomic E-state index is 5.54. The second kappa shape index (κ2) is 9.18. The molecule has 0 aromatic carbocycles. The standard InChI is InChI=1S/C12H24Br2O2S/c1-11(2,13)9-15-5-7-17-8-6-16-10-12(3,4)14/h5-10H2,1-4H3. The Morgan fingerprint density at radius 3 is 1.47 bits per heavy atom. The highest BCUT2D eigenvalue weighted by Crippen LogP contribution is 2.16. The molecule has 0 fully saturated rings. The van der Waals surface area contributed by atoms with Crippen LogP contribution in [0.3, 0.4) is 0 Å². The first-order valence-electron chi connectivity index (χ1n) is 5.82. The highest BCUT2D eigenvalue weighted by atomic mass is 79.9. The van der Waals surface area contributed by atoms with Crippen molar-refractivity contribution in [1.82, 2.24) is 0 Å². The van der Waals surface area contributed by atoms with E-state index in [1.165, 1.54) is 0 Å². The van der Waals surface area contributed by atoms with E-state index in [4.69, 9.17) is 9.47 Å². The number of halogens is 2. The Morgan fingerprint density at radius 2 is 1.18 bits per heavy atom. The molecule has 0 rings (SSSR count). The predicted molar refractivity (Wildman–Crippen MR) is 85.0 cm³/mol. The van der Waals surface area contributed by atoms with Gasteiger partial charge in [-0.15, -0.1) is 0 Å². The Labute approximate surface area is 127 Å². The molecule has 0 aliphatic heterocycles. The van der Waals surface area contributed by atoms with Gasteiger partial charge in [0.1, 0.15) is 0 Å². The summed E-state index contributed by atoms with van der Waals surface area (Å²) >= 11 is 8.96. The zero-order valence-electron chi connectivity index (χ0n) is 11.2. The SMILES string of the molecule is CC(C)(Br)COCCSCCOCC(C)(C)Br. The van der Waals surface area contributed by atoms with E-state index in [1.54, 1.807) is 0 Å². The molecule has 0 saturated heterocycles. The molecule has 5 heteroatoms. The number of hydrogen-bond acceptors (Lipinski definition) is 3. The van der Waals surface area contributed by atoms with Crippen LogP contribution in [0.1, 0.15) is 27.7 Å². The average Bonchev–Trinajstić information content (AvgIpc) is 2.11. The van der Waals surface area contributed by atoms with Gasteiger partial charge >= 0.3 is 0 Å². The van der Waals surface area contributed by atoms with Gasteiger partial charge in [0, 0.05) is 20.2 Å².